The SMILES string of the molecule is CCCCCCCCCCCCCCOc1ccc(C(=O)Oc2ccc(-c3ccc(C(=O)OC[C@@H](C)CC)cc3F)cc2)cc1. The Morgan fingerprint density at radius 2 is 1.22 bits per heavy atom. The molecule has 5 nitrogen and oxygen atoms in total. The minimum atomic E-state index is -0.540. The lowest BCUT2D eigenvalue weighted by Crippen LogP contribution is -2.11. The average Bonchev–Trinajstić information content (AvgIpc) is 3.06. The topological polar surface area (TPSA) is 61.8 Å². The summed E-state index contributed by atoms with van der Waals surface area (Å²) in [7, 11) is 0. The van der Waals surface area contributed by atoms with Gasteiger partial charge in [0.1, 0.15) is 17.3 Å². The van der Waals surface area contributed by atoms with Crippen LogP contribution in [0, 0.1) is 11.7 Å². The first kappa shape index (κ1) is 35.8. The second-order valence-corrected chi connectivity index (χ2v) is 12.0. The van der Waals surface area contributed by atoms with Crippen LogP contribution in [-0.2, 0) is 4.74 Å². The van der Waals surface area contributed by atoms with Gasteiger partial charge in [-0.15, -0.1) is 0 Å². The Labute approximate surface area is 269 Å². The Balaban J connectivity index is 1.36. The van der Waals surface area contributed by atoms with Gasteiger partial charge in [-0.05, 0) is 66.4 Å². The number of halogens is 1. The second kappa shape index (κ2) is 20.4. The summed E-state index contributed by atoms with van der Waals surface area (Å²) in [5, 5.41) is 0. The van der Waals surface area contributed by atoms with E-state index >= 15 is 0 Å². The van der Waals surface area contributed by atoms with E-state index in [4.69, 9.17) is 14.2 Å². The van der Waals surface area contributed by atoms with Crippen LogP contribution in [0.1, 0.15) is 125 Å². The lowest BCUT2D eigenvalue weighted by Gasteiger charge is -2.11. The van der Waals surface area contributed by atoms with Gasteiger partial charge >= 0.3 is 11.9 Å². The van der Waals surface area contributed by atoms with Crippen LogP contribution >= 0.6 is 0 Å². The number of esters is 2. The van der Waals surface area contributed by atoms with E-state index in [-0.39, 0.29) is 11.5 Å². The zero-order valence-electron chi connectivity index (χ0n) is 27.5. The predicted molar refractivity (Wildman–Crippen MR) is 180 cm³/mol. The standard InChI is InChI=1S/C39H51FO5/c1-4-6-7-8-9-10-11-12-13-14-15-16-27-43-34-22-19-32(20-23-34)39(42)45-35-24-17-31(18-25-35)36-26-21-33(28-37(36)40)38(41)44-29-30(3)5-2/h17-26,28,30H,4-16,27,29H2,1-3H3/t30-/m0/s1. The van der Waals surface area contributed by atoms with E-state index in [0.29, 0.717) is 35.7 Å². The summed E-state index contributed by atoms with van der Waals surface area (Å²) in [4.78, 5) is 24.9. The summed E-state index contributed by atoms with van der Waals surface area (Å²) in [5.41, 5.74) is 1.52. The van der Waals surface area contributed by atoms with Crippen molar-refractivity contribution in [2.24, 2.45) is 5.92 Å². The largest absolute Gasteiger partial charge is 0.494 e. The molecule has 3 rings (SSSR count). The monoisotopic (exact) mass is 618 g/mol. The van der Waals surface area contributed by atoms with Gasteiger partial charge in [0.2, 0.25) is 0 Å². The summed E-state index contributed by atoms with van der Waals surface area (Å²) >= 11 is 0. The molecule has 0 bridgehead atoms. The highest BCUT2D eigenvalue weighted by Gasteiger charge is 2.14. The van der Waals surface area contributed by atoms with Gasteiger partial charge in [0.05, 0.1) is 24.3 Å². The van der Waals surface area contributed by atoms with E-state index in [1.807, 2.05) is 13.8 Å². The molecular weight excluding hydrogens is 567 g/mol. The van der Waals surface area contributed by atoms with E-state index in [1.165, 1.54) is 76.7 Å². The van der Waals surface area contributed by atoms with Crippen LogP contribution in [0.4, 0.5) is 4.39 Å². The fraction of sp³-hybridized carbons (Fsp3) is 0.487. The van der Waals surface area contributed by atoms with Crippen molar-refractivity contribution in [2.75, 3.05) is 13.2 Å². The summed E-state index contributed by atoms with van der Waals surface area (Å²) < 4.78 is 31.5. The number of benzene rings is 3. The molecule has 0 fully saturated rings. The molecule has 1 atom stereocenters. The summed E-state index contributed by atoms with van der Waals surface area (Å²) in [5.74, 6) is -0.224. The number of unbranched alkanes of at least 4 members (excludes halogenated alkanes) is 11. The van der Waals surface area contributed by atoms with Gasteiger partial charge in [-0.25, -0.2) is 14.0 Å². The first-order valence-corrected chi connectivity index (χ1v) is 16.9. The van der Waals surface area contributed by atoms with Crippen molar-refractivity contribution < 1.29 is 28.2 Å². The van der Waals surface area contributed by atoms with Gasteiger partial charge in [-0.1, -0.05) is 116 Å². The van der Waals surface area contributed by atoms with Crippen molar-refractivity contribution in [3.05, 3.63) is 83.7 Å². The molecule has 0 heterocycles. The average molecular weight is 619 g/mol. The zero-order valence-corrected chi connectivity index (χ0v) is 27.5. The van der Waals surface area contributed by atoms with Gasteiger partial charge in [-0.3, -0.25) is 0 Å². The Kier molecular flexibility index (Phi) is 16.2. The molecule has 0 saturated heterocycles. The van der Waals surface area contributed by atoms with Crippen LogP contribution in [0.2, 0.25) is 0 Å². The minimum Gasteiger partial charge on any atom is -0.494 e. The summed E-state index contributed by atoms with van der Waals surface area (Å²) in [6, 6.07) is 17.8. The van der Waals surface area contributed by atoms with E-state index < -0.39 is 17.8 Å². The number of ether oxygens (including phenoxy) is 3. The maximum Gasteiger partial charge on any atom is 0.343 e. The molecule has 0 amide bonds. The Morgan fingerprint density at radius 1 is 0.667 bits per heavy atom. The van der Waals surface area contributed by atoms with Crippen LogP contribution < -0.4 is 9.47 Å². The van der Waals surface area contributed by atoms with Crippen molar-refractivity contribution >= 4 is 11.9 Å². The van der Waals surface area contributed by atoms with E-state index in [9.17, 15) is 14.0 Å². The van der Waals surface area contributed by atoms with E-state index in [0.717, 1.165) is 18.6 Å². The normalized spacial score (nSPS) is 11.6. The van der Waals surface area contributed by atoms with E-state index in [2.05, 4.69) is 6.92 Å². The van der Waals surface area contributed by atoms with Gasteiger partial charge in [0.15, 0.2) is 0 Å². The van der Waals surface area contributed by atoms with Gasteiger partial charge < -0.3 is 14.2 Å². The molecule has 0 aliphatic carbocycles. The number of hydrogen-bond donors (Lipinski definition) is 0. The highest BCUT2D eigenvalue weighted by Crippen LogP contribution is 2.27. The third-order valence-electron chi connectivity index (χ3n) is 8.13. The lowest BCUT2D eigenvalue weighted by molar-refractivity contribution is 0.0446. The molecule has 0 saturated carbocycles. The smallest absolute Gasteiger partial charge is 0.343 e. The van der Waals surface area contributed by atoms with Crippen LogP contribution in [0.3, 0.4) is 0 Å². The fourth-order valence-electron chi connectivity index (χ4n) is 4.98. The fourth-order valence-corrected chi connectivity index (χ4v) is 4.98. The van der Waals surface area contributed by atoms with Crippen molar-refractivity contribution in [2.45, 2.75) is 104 Å². The number of hydrogen-bond acceptors (Lipinski definition) is 5. The van der Waals surface area contributed by atoms with Crippen molar-refractivity contribution in [3.8, 4) is 22.6 Å². The van der Waals surface area contributed by atoms with Crippen LogP contribution in [0.5, 0.6) is 11.5 Å². The van der Waals surface area contributed by atoms with Crippen molar-refractivity contribution in [1.82, 2.24) is 0 Å². The molecule has 6 heteroatoms. The van der Waals surface area contributed by atoms with Crippen LogP contribution in [0.25, 0.3) is 11.1 Å². The Bertz CT molecular complexity index is 1290. The maximum absolute atomic E-state index is 14.8. The molecule has 0 spiro atoms. The molecule has 244 valence electrons. The highest BCUT2D eigenvalue weighted by atomic mass is 19.1. The molecule has 0 aromatic heterocycles. The second-order valence-electron chi connectivity index (χ2n) is 12.0. The Hall–Kier alpha value is -3.67. The van der Waals surface area contributed by atoms with E-state index in [1.54, 1.807) is 60.7 Å². The molecule has 0 aliphatic heterocycles. The summed E-state index contributed by atoms with van der Waals surface area (Å²) in [6.07, 6.45) is 16.6. The number of carbonyl (C=O) groups is 2. The zero-order chi connectivity index (χ0) is 32.3. The molecule has 45 heavy (non-hydrogen) atoms. The molecule has 3 aromatic rings. The third-order valence-corrected chi connectivity index (χ3v) is 8.13. The van der Waals surface area contributed by atoms with Crippen LogP contribution in [-0.4, -0.2) is 25.2 Å². The highest BCUT2D eigenvalue weighted by molar-refractivity contribution is 5.91. The number of rotatable bonds is 21. The Morgan fingerprint density at radius 3 is 1.80 bits per heavy atom. The van der Waals surface area contributed by atoms with Crippen molar-refractivity contribution in [3.63, 3.8) is 0 Å². The molecule has 0 unspecified atom stereocenters. The van der Waals surface area contributed by atoms with Crippen molar-refractivity contribution in [1.29, 1.82) is 0 Å². The quantitative estimate of drug-likeness (QED) is 0.0675. The molecule has 0 N–H and O–H groups in total. The maximum atomic E-state index is 14.8. The first-order chi connectivity index (χ1) is 21.9. The van der Waals surface area contributed by atoms with Gasteiger partial charge in [0, 0.05) is 5.56 Å². The van der Waals surface area contributed by atoms with Crippen LogP contribution in [0.15, 0.2) is 66.7 Å². The summed E-state index contributed by atoms with van der Waals surface area (Å²) in [6.45, 7) is 7.24. The third kappa shape index (κ3) is 13.1. The molecule has 0 radical (unpaired) electrons. The predicted octanol–water partition coefficient (Wildman–Crippen LogP) is 11.0. The molecular formula is C39H51FO5. The minimum absolute atomic E-state index is 0.172. The van der Waals surface area contributed by atoms with Gasteiger partial charge in [0.25, 0.3) is 0 Å². The number of carbonyl (C=O) groups excluding carboxylic acids is 2. The molecule has 0 aliphatic rings. The first-order valence-electron chi connectivity index (χ1n) is 16.9. The molecule has 3 aromatic carbocycles. The lowest BCUT2D eigenvalue weighted by atomic mass is 10.0. The van der Waals surface area contributed by atoms with Gasteiger partial charge in [-0.2, -0.15) is 0 Å².